The van der Waals surface area contributed by atoms with Crippen LogP contribution in [0.5, 0.6) is 5.75 Å². The molecular weight excluding hydrogens is 342 g/mol. The van der Waals surface area contributed by atoms with Crippen LogP contribution < -0.4 is 4.74 Å². The Balaban J connectivity index is 1.42. The highest BCUT2D eigenvalue weighted by Gasteiger charge is 2.31. The topological polar surface area (TPSA) is 49.9 Å². The van der Waals surface area contributed by atoms with Crippen LogP contribution in [0.1, 0.15) is 37.7 Å². The van der Waals surface area contributed by atoms with Crippen molar-refractivity contribution in [3.8, 4) is 5.75 Å². The SMILES string of the molecule is O=C(CCc1ccc(OC(F)F)cc1)N1CCC(N2CCCC2=O)CC1. The average Bonchev–Trinajstić information content (AvgIpc) is 3.06. The number of ether oxygens (including phenoxy) is 1. The molecular formula is C19H24F2N2O3. The first-order chi connectivity index (χ1) is 12.5. The lowest BCUT2D eigenvalue weighted by Crippen LogP contribution is -2.47. The molecule has 2 saturated heterocycles. The van der Waals surface area contributed by atoms with Crippen LogP contribution in [0.15, 0.2) is 24.3 Å². The zero-order valence-electron chi connectivity index (χ0n) is 14.7. The number of nitrogens with zero attached hydrogens (tertiary/aromatic N) is 2. The molecule has 0 spiro atoms. The van der Waals surface area contributed by atoms with Crippen molar-refractivity contribution in [3.63, 3.8) is 0 Å². The van der Waals surface area contributed by atoms with E-state index in [-0.39, 0.29) is 23.6 Å². The molecule has 2 amide bonds. The monoisotopic (exact) mass is 366 g/mol. The summed E-state index contributed by atoms with van der Waals surface area (Å²) >= 11 is 0. The Morgan fingerprint density at radius 2 is 1.85 bits per heavy atom. The van der Waals surface area contributed by atoms with Crippen LogP contribution in [-0.4, -0.2) is 53.9 Å². The lowest BCUT2D eigenvalue weighted by molar-refractivity contribution is -0.134. The van der Waals surface area contributed by atoms with Gasteiger partial charge >= 0.3 is 6.61 Å². The maximum atomic E-state index is 12.4. The Hall–Kier alpha value is -2.18. The Morgan fingerprint density at radius 1 is 1.15 bits per heavy atom. The van der Waals surface area contributed by atoms with Crippen molar-refractivity contribution in [1.82, 2.24) is 9.80 Å². The second-order valence-electron chi connectivity index (χ2n) is 6.83. The van der Waals surface area contributed by atoms with E-state index >= 15 is 0 Å². The number of aryl methyl sites for hydroxylation is 1. The summed E-state index contributed by atoms with van der Waals surface area (Å²) in [6.45, 7) is -0.604. The van der Waals surface area contributed by atoms with Gasteiger partial charge in [0.25, 0.3) is 0 Å². The van der Waals surface area contributed by atoms with Crippen LogP contribution >= 0.6 is 0 Å². The summed E-state index contributed by atoms with van der Waals surface area (Å²) in [7, 11) is 0. The Morgan fingerprint density at radius 3 is 2.42 bits per heavy atom. The second kappa shape index (κ2) is 8.47. The van der Waals surface area contributed by atoms with E-state index in [2.05, 4.69) is 4.74 Å². The molecule has 0 N–H and O–H groups in total. The molecule has 0 aromatic heterocycles. The molecule has 26 heavy (non-hydrogen) atoms. The van der Waals surface area contributed by atoms with Gasteiger partial charge in [0.1, 0.15) is 5.75 Å². The number of hydrogen-bond acceptors (Lipinski definition) is 3. The highest BCUT2D eigenvalue weighted by atomic mass is 19.3. The van der Waals surface area contributed by atoms with E-state index in [0.717, 1.165) is 31.4 Å². The van der Waals surface area contributed by atoms with Crippen LogP contribution in [-0.2, 0) is 16.0 Å². The van der Waals surface area contributed by atoms with Crippen LogP contribution in [0.2, 0.25) is 0 Å². The van der Waals surface area contributed by atoms with Crippen molar-refractivity contribution < 1.29 is 23.1 Å². The summed E-state index contributed by atoms with van der Waals surface area (Å²) in [6.07, 6.45) is 4.24. The van der Waals surface area contributed by atoms with Gasteiger partial charge in [0.15, 0.2) is 0 Å². The van der Waals surface area contributed by atoms with Crippen molar-refractivity contribution >= 4 is 11.8 Å². The molecule has 1 aromatic carbocycles. The molecule has 0 atom stereocenters. The van der Waals surface area contributed by atoms with E-state index in [9.17, 15) is 18.4 Å². The Kier molecular flexibility index (Phi) is 6.06. The van der Waals surface area contributed by atoms with Crippen molar-refractivity contribution in [1.29, 1.82) is 0 Å². The third-order valence-corrected chi connectivity index (χ3v) is 5.14. The van der Waals surface area contributed by atoms with Gasteiger partial charge in [-0.3, -0.25) is 9.59 Å². The van der Waals surface area contributed by atoms with E-state index in [1.165, 1.54) is 12.1 Å². The highest BCUT2D eigenvalue weighted by Crippen LogP contribution is 2.23. The number of halogens is 2. The molecule has 1 aromatic rings. The van der Waals surface area contributed by atoms with Gasteiger partial charge in [-0.1, -0.05) is 12.1 Å². The number of alkyl halides is 2. The molecule has 2 aliphatic heterocycles. The van der Waals surface area contributed by atoms with E-state index in [1.54, 1.807) is 12.1 Å². The second-order valence-corrected chi connectivity index (χ2v) is 6.83. The van der Waals surface area contributed by atoms with E-state index in [4.69, 9.17) is 0 Å². The predicted octanol–water partition coefficient (Wildman–Crippen LogP) is 2.83. The van der Waals surface area contributed by atoms with E-state index in [1.807, 2.05) is 9.80 Å². The van der Waals surface area contributed by atoms with Gasteiger partial charge < -0.3 is 14.5 Å². The lowest BCUT2D eigenvalue weighted by atomic mass is 10.0. The van der Waals surface area contributed by atoms with Crippen LogP contribution in [0.4, 0.5) is 8.78 Å². The average molecular weight is 366 g/mol. The third-order valence-electron chi connectivity index (χ3n) is 5.14. The normalized spacial score (nSPS) is 18.7. The number of rotatable bonds is 6. The Bertz CT molecular complexity index is 628. The number of carbonyl (C=O) groups excluding carboxylic acids is 2. The minimum Gasteiger partial charge on any atom is -0.435 e. The molecule has 0 saturated carbocycles. The van der Waals surface area contributed by atoms with Crippen molar-refractivity contribution in [2.24, 2.45) is 0 Å². The van der Waals surface area contributed by atoms with Crippen molar-refractivity contribution in [2.75, 3.05) is 19.6 Å². The maximum Gasteiger partial charge on any atom is 0.387 e. The van der Waals surface area contributed by atoms with E-state index < -0.39 is 6.61 Å². The summed E-state index contributed by atoms with van der Waals surface area (Å²) < 4.78 is 28.6. The molecule has 2 fully saturated rings. The number of likely N-dealkylation sites (tertiary alicyclic amines) is 2. The predicted molar refractivity (Wildman–Crippen MR) is 91.9 cm³/mol. The fraction of sp³-hybridized carbons (Fsp3) is 0.579. The quantitative estimate of drug-likeness (QED) is 0.778. The maximum absolute atomic E-state index is 12.4. The first-order valence-electron chi connectivity index (χ1n) is 9.14. The minimum absolute atomic E-state index is 0.101. The summed E-state index contributed by atoms with van der Waals surface area (Å²) in [5, 5.41) is 0. The van der Waals surface area contributed by atoms with Gasteiger partial charge in [0.05, 0.1) is 0 Å². The molecule has 0 unspecified atom stereocenters. The standard InChI is InChI=1S/C19H24F2N2O3/c20-19(21)26-16-6-3-14(4-7-16)5-8-17(24)22-12-9-15(10-13-22)23-11-1-2-18(23)25/h3-4,6-7,15,19H,1-2,5,8-13H2. The fourth-order valence-corrected chi connectivity index (χ4v) is 3.73. The lowest BCUT2D eigenvalue weighted by Gasteiger charge is -2.36. The van der Waals surface area contributed by atoms with Gasteiger partial charge in [-0.05, 0) is 43.4 Å². The van der Waals surface area contributed by atoms with E-state index in [0.29, 0.717) is 32.4 Å². The van der Waals surface area contributed by atoms with Gasteiger partial charge in [0.2, 0.25) is 11.8 Å². The molecule has 5 nitrogen and oxygen atoms in total. The molecule has 0 bridgehead atoms. The van der Waals surface area contributed by atoms with Crippen molar-refractivity contribution in [2.45, 2.75) is 51.2 Å². The number of carbonyl (C=O) groups is 2. The van der Waals surface area contributed by atoms with Gasteiger partial charge in [-0.15, -0.1) is 0 Å². The smallest absolute Gasteiger partial charge is 0.387 e. The van der Waals surface area contributed by atoms with Gasteiger partial charge in [-0.2, -0.15) is 8.78 Å². The minimum atomic E-state index is -2.83. The zero-order valence-corrected chi connectivity index (χ0v) is 14.7. The number of benzene rings is 1. The largest absolute Gasteiger partial charge is 0.435 e. The molecule has 2 heterocycles. The summed E-state index contributed by atoms with van der Waals surface area (Å²) in [5.41, 5.74) is 0.914. The molecule has 2 aliphatic rings. The van der Waals surface area contributed by atoms with Crippen LogP contribution in [0.25, 0.3) is 0 Å². The molecule has 7 heteroatoms. The van der Waals surface area contributed by atoms with Gasteiger partial charge in [-0.25, -0.2) is 0 Å². The molecule has 0 aliphatic carbocycles. The first-order valence-corrected chi connectivity index (χ1v) is 9.14. The van der Waals surface area contributed by atoms with Crippen LogP contribution in [0, 0.1) is 0 Å². The number of piperidine rings is 1. The first kappa shape index (κ1) is 18.6. The van der Waals surface area contributed by atoms with Crippen LogP contribution in [0.3, 0.4) is 0 Å². The highest BCUT2D eigenvalue weighted by molar-refractivity contribution is 5.79. The molecule has 142 valence electrons. The van der Waals surface area contributed by atoms with Crippen molar-refractivity contribution in [3.05, 3.63) is 29.8 Å². The fourth-order valence-electron chi connectivity index (χ4n) is 3.73. The number of hydrogen-bond donors (Lipinski definition) is 0. The Labute approximate surface area is 151 Å². The summed E-state index contributed by atoms with van der Waals surface area (Å²) in [6, 6.07) is 6.66. The molecule has 0 radical (unpaired) electrons. The molecule has 3 rings (SSSR count). The summed E-state index contributed by atoms with van der Waals surface area (Å²) in [5.74, 6) is 0.465. The number of amides is 2. The zero-order chi connectivity index (χ0) is 18.5. The third kappa shape index (κ3) is 4.71. The van der Waals surface area contributed by atoms with Gasteiger partial charge in [0, 0.05) is 38.5 Å². The summed E-state index contributed by atoms with van der Waals surface area (Å²) in [4.78, 5) is 28.1.